The molecule has 0 aromatic heterocycles. The van der Waals surface area contributed by atoms with Gasteiger partial charge in [-0.25, -0.2) is 0 Å². The minimum absolute atomic E-state index is 0.226. The maximum atomic E-state index is 12.6. The molecule has 0 aliphatic heterocycles. The van der Waals surface area contributed by atoms with Crippen LogP contribution in [-0.2, 0) is 9.59 Å². The number of hydrazine groups is 1. The second-order valence-corrected chi connectivity index (χ2v) is 7.88. The van der Waals surface area contributed by atoms with Crippen LogP contribution in [0.2, 0.25) is 0 Å². The molecule has 0 spiro atoms. The van der Waals surface area contributed by atoms with Crippen LogP contribution in [0.15, 0.2) is 91.0 Å². The van der Waals surface area contributed by atoms with Crippen LogP contribution in [0.5, 0.6) is 11.5 Å². The first-order valence-electron chi connectivity index (χ1n) is 11.0. The molecule has 172 valence electrons. The fourth-order valence-electron chi connectivity index (χ4n) is 3.66. The minimum atomic E-state index is -0.452. The Kier molecular flexibility index (Phi) is 7.08. The smallest absolute Gasteiger partial charge is 0.276 e. The molecule has 4 rings (SSSR count). The average Bonchev–Trinajstić information content (AvgIpc) is 2.90. The van der Waals surface area contributed by atoms with Crippen molar-refractivity contribution in [2.24, 2.45) is 0 Å². The van der Waals surface area contributed by atoms with Crippen LogP contribution in [0.25, 0.3) is 21.9 Å². The fourth-order valence-corrected chi connectivity index (χ4v) is 3.66. The third-order valence-electron chi connectivity index (χ3n) is 5.62. The Hall–Kier alpha value is -4.32. The normalized spacial score (nSPS) is 11.5. The third-order valence-corrected chi connectivity index (χ3v) is 5.62. The number of amides is 2. The molecule has 2 N–H and O–H groups in total. The van der Waals surface area contributed by atoms with Crippen molar-refractivity contribution in [2.45, 2.75) is 12.8 Å². The zero-order valence-electron chi connectivity index (χ0n) is 19.1. The Morgan fingerprint density at radius 2 is 1.53 bits per heavy atom. The van der Waals surface area contributed by atoms with Gasteiger partial charge in [0.05, 0.1) is 13.0 Å². The van der Waals surface area contributed by atoms with Crippen molar-refractivity contribution >= 4 is 22.6 Å². The molecule has 0 aliphatic rings. The summed E-state index contributed by atoms with van der Waals surface area (Å²) in [7, 11) is 1.63. The molecule has 4 aromatic rings. The number of benzene rings is 4. The minimum Gasteiger partial charge on any atom is -0.497 e. The highest BCUT2D eigenvalue weighted by molar-refractivity contribution is 5.89. The summed E-state index contributed by atoms with van der Waals surface area (Å²) < 4.78 is 11.0. The van der Waals surface area contributed by atoms with Crippen LogP contribution in [-0.4, -0.2) is 25.5 Å². The van der Waals surface area contributed by atoms with Crippen LogP contribution in [0.4, 0.5) is 0 Å². The van der Waals surface area contributed by atoms with E-state index in [0.29, 0.717) is 5.75 Å². The van der Waals surface area contributed by atoms with Gasteiger partial charge in [0.1, 0.15) is 11.5 Å². The Labute approximate surface area is 198 Å². The molecule has 0 fully saturated rings. The van der Waals surface area contributed by atoms with Crippen LogP contribution < -0.4 is 20.3 Å². The zero-order chi connectivity index (χ0) is 23.9. The molecular formula is C28H26N2O4. The lowest BCUT2D eigenvalue weighted by atomic mass is 9.97. The molecule has 0 aliphatic carbocycles. The lowest BCUT2D eigenvalue weighted by Crippen LogP contribution is -2.45. The molecule has 0 saturated carbocycles. The number of hydrogen-bond acceptors (Lipinski definition) is 4. The molecule has 0 radical (unpaired) electrons. The molecular weight excluding hydrogens is 428 g/mol. The van der Waals surface area contributed by atoms with Gasteiger partial charge in [-0.15, -0.1) is 0 Å². The van der Waals surface area contributed by atoms with Crippen molar-refractivity contribution in [3.8, 4) is 22.6 Å². The lowest BCUT2D eigenvalue weighted by molar-refractivity contribution is -0.130. The monoisotopic (exact) mass is 454 g/mol. The van der Waals surface area contributed by atoms with E-state index in [4.69, 9.17) is 9.47 Å². The highest BCUT2D eigenvalue weighted by Gasteiger charge is 2.17. The molecule has 34 heavy (non-hydrogen) atoms. The van der Waals surface area contributed by atoms with E-state index < -0.39 is 11.8 Å². The van der Waals surface area contributed by atoms with Gasteiger partial charge >= 0.3 is 0 Å². The Morgan fingerprint density at radius 1 is 0.824 bits per heavy atom. The lowest BCUT2D eigenvalue weighted by Gasteiger charge is -2.15. The molecule has 2 amide bonds. The summed E-state index contributed by atoms with van der Waals surface area (Å²) in [5, 5.41) is 2.03. The Morgan fingerprint density at radius 3 is 2.32 bits per heavy atom. The zero-order valence-corrected chi connectivity index (χ0v) is 19.1. The highest BCUT2D eigenvalue weighted by Crippen LogP contribution is 2.29. The molecule has 0 heterocycles. The first-order chi connectivity index (χ1) is 16.5. The first kappa shape index (κ1) is 22.9. The maximum absolute atomic E-state index is 12.6. The molecule has 1 atom stereocenters. The van der Waals surface area contributed by atoms with Gasteiger partial charge in [-0.1, -0.05) is 72.8 Å². The molecule has 6 nitrogen and oxygen atoms in total. The number of para-hydroxylation sites is 1. The van der Waals surface area contributed by atoms with Gasteiger partial charge in [0.15, 0.2) is 6.61 Å². The van der Waals surface area contributed by atoms with Gasteiger partial charge in [0, 0.05) is 5.56 Å². The summed E-state index contributed by atoms with van der Waals surface area (Å²) in [4.78, 5) is 24.9. The number of methoxy groups -OCH3 is 1. The van der Waals surface area contributed by atoms with Gasteiger partial charge in [0.2, 0.25) is 5.91 Å². The van der Waals surface area contributed by atoms with E-state index in [0.717, 1.165) is 33.2 Å². The van der Waals surface area contributed by atoms with Crippen molar-refractivity contribution in [1.29, 1.82) is 0 Å². The van der Waals surface area contributed by atoms with Crippen LogP contribution in [0.1, 0.15) is 18.4 Å². The summed E-state index contributed by atoms with van der Waals surface area (Å²) >= 11 is 0. The van der Waals surface area contributed by atoms with Crippen LogP contribution in [0, 0.1) is 0 Å². The molecule has 4 aromatic carbocycles. The van der Waals surface area contributed by atoms with Gasteiger partial charge in [-0.3, -0.25) is 20.4 Å². The third kappa shape index (κ3) is 5.35. The van der Waals surface area contributed by atoms with Crippen molar-refractivity contribution < 1.29 is 19.1 Å². The van der Waals surface area contributed by atoms with E-state index in [9.17, 15) is 9.59 Å². The maximum Gasteiger partial charge on any atom is 0.276 e. The summed E-state index contributed by atoms with van der Waals surface area (Å²) in [5.74, 6) is 0.158. The first-order valence-corrected chi connectivity index (χ1v) is 11.0. The van der Waals surface area contributed by atoms with E-state index in [2.05, 4.69) is 10.9 Å². The van der Waals surface area contributed by atoms with E-state index in [1.165, 1.54) is 0 Å². The molecule has 1 unspecified atom stereocenters. The topological polar surface area (TPSA) is 76.7 Å². The second-order valence-electron chi connectivity index (χ2n) is 7.88. The van der Waals surface area contributed by atoms with Crippen molar-refractivity contribution in [3.63, 3.8) is 0 Å². The predicted octanol–water partition coefficient (Wildman–Crippen LogP) is 4.85. The van der Waals surface area contributed by atoms with Crippen LogP contribution in [0.3, 0.4) is 0 Å². The van der Waals surface area contributed by atoms with Crippen molar-refractivity contribution in [1.82, 2.24) is 10.9 Å². The van der Waals surface area contributed by atoms with Crippen molar-refractivity contribution in [2.75, 3.05) is 13.7 Å². The summed E-state index contributed by atoms with van der Waals surface area (Å²) in [6.07, 6.45) is 0. The van der Waals surface area contributed by atoms with Gasteiger partial charge in [-0.2, -0.15) is 0 Å². The number of ether oxygens (including phenoxy) is 2. The number of nitrogens with one attached hydrogen (secondary N) is 2. The average molecular weight is 455 g/mol. The van der Waals surface area contributed by atoms with E-state index in [1.807, 2.05) is 91.0 Å². The fraction of sp³-hybridized carbons (Fsp3) is 0.143. The summed E-state index contributed by atoms with van der Waals surface area (Å²) in [6, 6.07) is 28.9. The number of carbonyl (C=O) groups is 2. The van der Waals surface area contributed by atoms with Gasteiger partial charge < -0.3 is 9.47 Å². The van der Waals surface area contributed by atoms with Gasteiger partial charge in [0.25, 0.3) is 5.91 Å². The Balaban J connectivity index is 1.33. The van der Waals surface area contributed by atoms with E-state index in [-0.39, 0.29) is 12.5 Å². The molecule has 0 saturated heterocycles. The second kappa shape index (κ2) is 10.5. The van der Waals surface area contributed by atoms with E-state index in [1.54, 1.807) is 14.0 Å². The standard InChI is InChI=1S/C28H26N2O4/c1-19(21-12-13-23-17-24(33-2)15-14-22(23)16-21)28(32)30-29-27(31)18-34-26-11-7-6-10-25(26)20-8-4-3-5-9-20/h3-17,19H,18H2,1-2H3,(H,29,31)(H,30,32). The SMILES string of the molecule is COc1ccc2cc(C(C)C(=O)NNC(=O)COc3ccccc3-c3ccccc3)ccc2c1. The predicted molar refractivity (Wildman–Crippen MR) is 133 cm³/mol. The number of hydrogen-bond donors (Lipinski definition) is 2. The van der Waals surface area contributed by atoms with Crippen LogP contribution >= 0.6 is 0 Å². The highest BCUT2D eigenvalue weighted by atomic mass is 16.5. The Bertz CT molecular complexity index is 1300. The molecule has 6 heteroatoms. The van der Waals surface area contributed by atoms with E-state index >= 15 is 0 Å². The number of rotatable bonds is 7. The number of fused-ring (bicyclic) bond motifs is 1. The van der Waals surface area contributed by atoms with Crippen molar-refractivity contribution in [3.05, 3.63) is 96.6 Å². The number of carbonyl (C=O) groups excluding carboxylic acids is 2. The quantitative estimate of drug-likeness (QED) is 0.392. The summed E-state index contributed by atoms with van der Waals surface area (Å²) in [5.41, 5.74) is 7.66. The summed E-state index contributed by atoms with van der Waals surface area (Å²) in [6.45, 7) is 1.56. The molecule has 0 bridgehead atoms. The van der Waals surface area contributed by atoms with Gasteiger partial charge in [-0.05, 0) is 47.0 Å². The largest absolute Gasteiger partial charge is 0.497 e.